The van der Waals surface area contributed by atoms with Crippen molar-refractivity contribution >= 4 is 21.4 Å². The van der Waals surface area contributed by atoms with Gasteiger partial charge in [0.05, 0.1) is 27.4 Å². The minimum Gasteiger partial charge on any atom is -0.497 e. The number of rotatable bonds is 8. The van der Waals surface area contributed by atoms with E-state index in [1.165, 1.54) is 20.3 Å². The second-order valence-electron chi connectivity index (χ2n) is 6.09. The molecule has 0 amide bonds. The van der Waals surface area contributed by atoms with Gasteiger partial charge in [0.1, 0.15) is 16.4 Å². The van der Waals surface area contributed by atoms with Crippen molar-refractivity contribution in [1.82, 2.24) is 9.62 Å². The van der Waals surface area contributed by atoms with Gasteiger partial charge < -0.3 is 14.2 Å². The Labute approximate surface area is 163 Å². The summed E-state index contributed by atoms with van der Waals surface area (Å²) in [6, 6.07) is 6.71. The van der Waals surface area contributed by atoms with Gasteiger partial charge in [-0.15, -0.1) is 0 Å². The molecular weight excluding hydrogens is 388 g/mol. The molecule has 1 aliphatic rings. The third-order valence-electron chi connectivity index (χ3n) is 4.54. The number of ether oxygens (including phenoxy) is 3. The first-order valence-corrected chi connectivity index (χ1v) is 11.0. The lowest BCUT2D eigenvalue weighted by Gasteiger charge is -2.34. The number of hydrogen-bond donors (Lipinski definition) is 1. The van der Waals surface area contributed by atoms with Gasteiger partial charge in [-0.3, -0.25) is 4.90 Å². The maximum absolute atomic E-state index is 12.9. The van der Waals surface area contributed by atoms with Crippen molar-refractivity contribution in [2.75, 3.05) is 47.1 Å². The zero-order chi connectivity index (χ0) is 19.3. The largest absolute Gasteiger partial charge is 0.497 e. The van der Waals surface area contributed by atoms with Crippen molar-refractivity contribution in [1.29, 1.82) is 0 Å². The molecule has 0 aliphatic carbocycles. The fourth-order valence-corrected chi connectivity index (χ4v) is 5.00. The van der Waals surface area contributed by atoms with Crippen LogP contribution in [-0.4, -0.2) is 60.4 Å². The summed E-state index contributed by atoms with van der Waals surface area (Å²) in [6.07, 6.45) is 0. The van der Waals surface area contributed by atoms with Gasteiger partial charge in [-0.1, -0.05) is 0 Å². The van der Waals surface area contributed by atoms with Crippen LogP contribution in [0.25, 0.3) is 0 Å². The van der Waals surface area contributed by atoms with Crippen LogP contribution in [0.1, 0.15) is 11.6 Å². The molecule has 1 aromatic carbocycles. The summed E-state index contributed by atoms with van der Waals surface area (Å²) < 4.78 is 44.5. The van der Waals surface area contributed by atoms with Crippen molar-refractivity contribution in [3.63, 3.8) is 0 Å². The second kappa shape index (κ2) is 9.03. The number of morpholine rings is 1. The maximum atomic E-state index is 12.9. The third-order valence-corrected chi connectivity index (χ3v) is 6.69. The number of nitrogens with zero attached hydrogens (tertiary/aromatic N) is 1. The topological polar surface area (TPSA) is 77.1 Å². The first-order chi connectivity index (χ1) is 13.0. The Morgan fingerprint density at radius 1 is 1.22 bits per heavy atom. The summed E-state index contributed by atoms with van der Waals surface area (Å²) in [5, 5.41) is 4.06. The van der Waals surface area contributed by atoms with Crippen LogP contribution in [0.2, 0.25) is 0 Å². The Morgan fingerprint density at radius 3 is 2.63 bits per heavy atom. The fraction of sp³-hybridized carbons (Fsp3) is 0.444. The number of thiophene rings is 1. The molecule has 2 heterocycles. The Bertz CT molecular complexity index is 833. The van der Waals surface area contributed by atoms with Crippen LogP contribution in [0.4, 0.5) is 0 Å². The van der Waals surface area contributed by atoms with Gasteiger partial charge in [0.2, 0.25) is 10.0 Å². The van der Waals surface area contributed by atoms with Gasteiger partial charge in [-0.25, -0.2) is 13.1 Å². The summed E-state index contributed by atoms with van der Waals surface area (Å²) in [5.41, 5.74) is 1.10. The first kappa shape index (κ1) is 20.1. The molecule has 0 spiro atoms. The SMILES string of the molecule is COc1ccc(OC)c(S(=O)(=O)NC[C@H](c2ccsc2)N2CCOCC2)c1. The van der Waals surface area contributed by atoms with Gasteiger partial charge in [-0.05, 0) is 34.5 Å². The van der Waals surface area contributed by atoms with Gasteiger partial charge >= 0.3 is 0 Å². The molecule has 3 rings (SSSR count). The molecule has 148 valence electrons. The molecule has 0 bridgehead atoms. The molecule has 7 nitrogen and oxygen atoms in total. The number of nitrogens with one attached hydrogen (secondary N) is 1. The predicted molar refractivity (Wildman–Crippen MR) is 104 cm³/mol. The van der Waals surface area contributed by atoms with Crippen molar-refractivity contribution in [3.05, 3.63) is 40.6 Å². The molecular formula is C18H24N2O5S2. The lowest BCUT2D eigenvalue weighted by Crippen LogP contribution is -2.43. The van der Waals surface area contributed by atoms with E-state index in [1.54, 1.807) is 23.5 Å². The first-order valence-electron chi connectivity index (χ1n) is 8.60. The van der Waals surface area contributed by atoms with Crippen molar-refractivity contribution in [2.24, 2.45) is 0 Å². The Morgan fingerprint density at radius 2 is 2.00 bits per heavy atom. The van der Waals surface area contributed by atoms with Gasteiger partial charge in [0.15, 0.2) is 0 Å². The van der Waals surface area contributed by atoms with Crippen molar-refractivity contribution in [3.8, 4) is 11.5 Å². The molecule has 1 atom stereocenters. The van der Waals surface area contributed by atoms with Crippen LogP contribution < -0.4 is 14.2 Å². The molecule has 0 saturated carbocycles. The number of hydrogen-bond acceptors (Lipinski definition) is 7. The molecule has 0 unspecified atom stereocenters. The average Bonchev–Trinajstić information content (AvgIpc) is 3.23. The Kier molecular flexibility index (Phi) is 6.72. The van der Waals surface area contributed by atoms with Crippen LogP contribution in [0.15, 0.2) is 39.9 Å². The van der Waals surface area contributed by atoms with E-state index in [0.29, 0.717) is 19.0 Å². The number of sulfonamides is 1. The summed E-state index contributed by atoms with van der Waals surface area (Å²) in [6.45, 7) is 3.10. The van der Waals surface area contributed by atoms with Crippen LogP contribution in [0.5, 0.6) is 11.5 Å². The standard InChI is InChI=1S/C18H24N2O5S2/c1-23-15-3-4-17(24-2)18(11-15)27(21,22)19-12-16(14-5-10-26-13-14)20-6-8-25-9-7-20/h3-5,10-11,13,16,19H,6-9,12H2,1-2H3/t16-/m1/s1. The zero-order valence-corrected chi connectivity index (χ0v) is 17.0. The van der Waals surface area contributed by atoms with Crippen molar-refractivity contribution < 1.29 is 22.6 Å². The predicted octanol–water partition coefficient (Wildman–Crippen LogP) is 2.12. The maximum Gasteiger partial charge on any atom is 0.244 e. The van der Waals surface area contributed by atoms with E-state index in [1.807, 2.05) is 11.4 Å². The second-order valence-corrected chi connectivity index (χ2v) is 8.60. The summed E-state index contributed by atoms with van der Waals surface area (Å²) in [7, 11) is -0.826. The quantitative estimate of drug-likeness (QED) is 0.716. The van der Waals surface area contributed by atoms with E-state index in [0.717, 1.165) is 18.7 Å². The van der Waals surface area contributed by atoms with E-state index in [4.69, 9.17) is 14.2 Å². The molecule has 1 saturated heterocycles. The highest BCUT2D eigenvalue weighted by molar-refractivity contribution is 7.89. The highest BCUT2D eigenvalue weighted by atomic mass is 32.2. The van der Waals surface area contributed by atoms with Crippen LogP contribution in [0, 0.1) is 0 Å². The molecule has 1 aromatic heterocycles. The van der Waals surface area contributed by atoms with E-state index >= 15 is 0 Å². The molecule has 1 aliphatic heterocycles. The fourth-order valence-electron chi connectivity index (χ4n) is 3.07. The number of methoxy groups -OCH3 is 2. The summed E-state index contributed by atoms with van der Waals surface area (Å²) in [4.78, 5) is 2.31. The van der Waals surface area contributed by atoms with Gasteiger partial charge in [-0.2, -0.15) is 11.3 Å². The van der Waals surface area contributed by atoms with Crippen LogP contribution >= 0.6 is 11.3 Å². The average molecular weight is 413 g/mol. The molecule has 27 heavy (non-hydrogen) atoms. The van der Waals surface area contributed by atoms with E-state index in [-0.39, 0.29) is 23.2 Å². The van der Waals surface area contributed by atoms with E-state index < -0.39 is 10.0 Å². The monoisotopic (exact) mass is 412 g/mol. The molecule has 1 fully saturated rings. The lowest BCUT2D eigenvalue weighted by molar-refractivity contribution is 0.0173. The zero-order valence-electron chi connectivity index (χ0n) is 15.4. The number of benzene rings is 1. The highest BCUT2D eigenvalue weighted by Crippen LogP contribution is 2.29. The van der Waals surface area contributed by atoms with E-state index in [2.05, 4.69) is 15.0 Å². The summed E-state index contributed by atoms with van der Waals surface area (Å²) in [5.74, 6) is 0.737. The van der Waals surface area contributed by atoms with Crippen molar-refractivity contribution in [2.45, 2.75) is 10.9 Å². The minimum absolute atomic E-state index is 0.0495. The molecule has 9 heteroatoms. The smallest absolute Gasteiger partial charge is 0.244 e. The molecule has 0 radical (unpaired) electrons. The Balaban J connectivity index is 1.82. The normalized spacial score (nSPS) is 16.8. The lowest BCUT2D eigenvalue weighted by atomic mass is 10.1. The van der Waals surface area contributed by atoms with Gasteiger partial charge in [0, 0.05) is 31.7 Å². The van der Waals surface area contributed by atoms with Crippen LogP contribution in [0.3, 0.4) is 0 Å². The Hall–Kier alpha value is -1.65. The van der Waals surface area contributed by atoms with E-state index in [9.17, 15) is 8.42 Å². The van der Waals surface area contributed by atoms with Gasteiger partial charge in [0.25, 0.3) is 0 Å². The minimum atomic E-state index is -3.77. The molecule has 2 aromatic rings. The summed E-state index contributed by atoms with van der Waals surface area (Å²) >= 11 is 1.60. The van der Waals surface area contributed by atoms with Crippen LogP contribution in [-0.2, 0) is 14.8 Å². The highest BCUT2D eigenvalue weighted by Gasteiger charge is 2.27. The molecule has 1 N–H and O–H groups in total. The third kappa shape index (κ3) is 4.80.